The van der Waals surface area contributed by atoms with E-state index in [1.165, 1.54) is 29.3 Å². The first-order valence-corrected chi connectivity index (χ1v) is 6.66. The molecule has 0 unspecified atom stereocenters. The minimum Gasteiger partial charge on any atom is -0.0979 e. The lowest BCUT2D eigenvalue weighted by Crippen LogP contribution is -1.79. The van der Waals surface area contributed by atoms with Crippen molar-refractivity contribution in [2.75, 3.05) is 0 Å². The Labute approximate surface area is 107 Å². The first-order valence-electron chi connectivity index (χ1n) is 5.58. The summed E-state index contributed by atoms with van der Waals surface area (Å²) in [6, 6.07) is 8.28. The molecule has 80 valence electrons. The average molecular weight is 312 g/mol. The molecule has 0 aliphatic heterocycles. The van der Waals surface area contributed by atoms with Crippen LogP contribution in [-0.2, 0) is 0 Å². The topological polar surface area (TPSA) is 0 Å². The Balaban J connectivity index is 2.35. The first kappa shape index (κ1) is 12.6. The molecule has 0 spiro atoms. The average Bonchev–Trinajstić information content (AvgIpc) is 2.25. The molecule has 1 aromatic carbocycles. The van der Waals surface area contributed by atoms with Crippen LogP contribution >= 0.6 is 22.6 Å². The van der Waals surface area contributed by atoms with Crippen molar-refractivity contribution in [3.63, 3.8) is 0 Å². The fraction of sp³-hybridized carbons (Fsp3) is 0.429. The Morgan fingerprint density at radius 1 is 1.13 bits per heavy atom. The van der Waals surface area contributed by atoms with Crippen molar-refractivity contribution in [3.05, 3.63) is 33.4 Å². The molecule has 0 fully saturated rings. The van der Waals surface area contributed by atoms with E-state index in [0.717, 1.165) is 12.0 Å². The summed E-state index contributed by atoms with van der Waals surface area (Å²) in [7, 11) is 0. The van der Waals surface area contributed by atoms with E-state index in [1.807, 2.05) is 12.1 Å². The van der Waals surface area contributed by atoms with E-state index in [-0.39, 0.29) is 0 Å². The highest BCUT2D eigenvalue weighted by Gasteiger charge is 1.91. The van der Waals surface area contributed by atoms with Crippen LogP contribution in [0.1, 0.15) is 44.6 Å². The predicted octanol–water partition coefficient (Wildman–Crippen LogP) is 4.61. The van der Waals surface area contributed by atoms with Gasteiger partial charge in [-0.15, -0.1) is 0 Å². The molecule has 0 saturated heterocycles. The first-order chi connectivity index (χ1) is 7.34. The highest BCUT2D eigenvalue weighted by Crippen LogP contribution is 2.09. The van der Waals surface area contributed by atoms with Crippen LogP contribution in [0.5, 0.6) is 0 Å². The molecule has 0 aromatic heterocycles. The third kappa shape index (κ3) is 5.22. The summed E-state index contributed by atoms with van der Waals surface area (Å²) in [6.07, 6.45) is 6.22. The van der Waals surface area contributed by atoms with Gasteiger partial charge in [-0.25, -0.2) is 0 Å². The summed E-state index contributed by atoms with van der Waals surface area (Å²) >= 11 is 2.33. The smallest absolute Gasteiger partial charge is 0.0378 e. The van der Waals surface area contributed by atoms with Gasteiger partial charge in [-0.2, -0.15) is 0 Å². The standard InChI is InChI=1S/C14H17I/c1-2-3-4-5-6-7-10-13-11-8-9-12-14(13)15/h8-9,11-12H,2-6H2,1H3. The summed E-state index contributed by atoms with van der Waals surface area (Å²) in [5.41, 5.74) is 1.16. The van der Waals surface area contributed by atoms with Gasteiger partial charge in [0, 0.05) is 15.6 Å². The van der Waals surface area contributed by atoms with Gasteiger partial charge in [-0.05, 0) is 41.1 Å². The number of unbranched alkanes of at least 4 members (excludes halogenated alkanes) is 4. The molecule has 0 atom stereocenters. The predicted molar refractivity (Wildman–Crippen MR) is 74.8 cm³/mol. The van der Waals surface area contributed by atoms with Crippen LogP contribution in [0.4, 0.5) is 0 Å². The summed E-state index contributed by atoms with van der Waals surface area (Å²) in [4.78, 5) is 0. The second kappa shape index (κ2) is 7.76. The van der Waals surface area contributed by atoms with Crippen molar-refractivity contribution >= 4 is 22.6 Å². The van der Waals surface area contributed by atoms with E-state index >= 15 is 0 Å². The van der Waals surface area contributed by atoms with Gasteiger partial charge in [0.1, 0.15) is 0 Å². The molecular formula is C14H17I. The van der Waals surface area contributed by atoms with Crippen molar-refractivity contribution in [1.29, 1.82) is 0 Å². The molecule has 0 aliphatic rings. The summed E-state index contributed by atoms with van der Waals surface area (Å²) in [5, 5.41) is 0. The van der Waals surface area contributed by atoms with Crippen molar-refractivity contribution in [3.8, 4) is 11.8 Å². The van der Waals surface area contributed by atoms with E-state index < -0.39 is 0 Å². The zero-order valence-electron chi connectivity index (χ0n) is 9.22. The van der Waals surface area contributed by atoms with Gasteiger partial charge in [0.05, 0.1) is 0 Å². The minimum atomic E-state index is 1.03. The highest BCUT2D eigenvalue weighted by molar-refractivity contribution is 14.1. The molecule has 0 saturated carbocycles. The molecule has 1 rings (SSSR count). The lowest BCUT2D eigenvalue weighted by atomic mass is 10.1. The largest absolute Gasteiger partial charge is 0.0979 e. The van der Waals surface area contributed by atoms with Gasteiger partial charge in [0.15, 0.2) is 0 Å². The summed E-state index contributed by atoms with van der Waals surface area (Å²) < 4.78 is 1.25. The zero-order valence-corrected chi connectivity index (χ0v) is 11.4. The lowest BCUT2D eigenvalue weighted by Gasteiger charge is -1.94. The summed E-state index contributed by atoms with van der Waals surface area (Å²) in [5.74, 6) is 6.48. The number of halogens is 1. The van der Waals surface area contributed by atoms with Crippen molar-refractivity contribution in [1.82, 2.24) is 0 Å². The monoisotopic (exact) mass is 312 g/mol. The highest BCUT2D eigenvalue weighted by atomic mass is 127. The molecule has 0 radical (unpaired) electrons. The van der Waals surface area contributed by atoms with Gasteiger partial charge in [-0.3, -0.25) is 0 Å². The van der Waals surface area contributed by atoms with Crippen molar-refractivity contribution in [2.24, 2.45) is 0 Å². The second-order valence-corrected chi connectivity index (χ2v) is 4.75. The van der Waals surface area contributed by atoms with E-state index in [0.29, 0.717) is 0 Å². The van der Waals surface area contributed by atoms with Crippen LogP contribution in [0, 0.1) is 15.4 Å². The van der Waals surface area contributed by atoms with Gasteiger partial charge in [0.2, 0.25) is 0 Å². The Morgan fingerprint density at radius 2 is 1.93 bits per heavy atom. The maximum Gasteiger partial charge on any atom is 0.0378 e. The number of hydrogen-bond donors (Lipinski definition) is 0. The fourth-order valence-corrected chi connectivity index (χ4v) is 1.88. The quantitative estimate of drug-likeness (QED) is 0.432. The number of rotatable bonds is 4. The third-order valence-electron chi connectivity index (χ3n) is 2.25. The molecule has 0 amide bonds. The third-order valence-corrected chi connectivity index (χ3v) is 3.19. The molecule has 0 bridgehead atoms. The molecule has 1 heteroatoms. The second-order valence-electron chi connectivity index (χ2n) is 3.59. The maximum atomic E-state index is 3.25. The Bertz CT molecular complexity index is 344. The summed E-state index contributed by atoms with van der Waals surface area (Å²) in [6.45, 7) is 2.23. The van der Waals surface area contributed by atoms with Crippen molar-refractivity contribution in [2.45, 2.75) is 39.0 Å². The molecule has 1 aromatic rings. The fourth-order valence-electron chi connectivity index (χ4n) is 1.36. The SMILES string of the molecule is CCCCCCC#Cc1ccccc1I. The van der Waals surface area contributed by atoms with Gasteiger partial charge >= 0.3 is 0 Å². The molecule has 0 heterocycles. The van der Waals surface area contributed by atoms with Crippen LogP contribution in [0.15, 0.2) is 24.3 Å². The van der Waals surface area contributed by atoms with Gasteiger partial charge in [-0.1, -0.05) is 50.2 Å². The molecule has 0 N–H and O–H groups in total. The van der Waals surface area contributed by atoms with Crippen LogP contribution in [0.3, 0.4) is 0 Å². The zero-order chi connectivity index (χ0) is 10.9. The molecule has 0 aliphatic carbocycles. The van der Waals surface area contributed by atoms with E-state index in [4.69, 9.17) is 0 Å². The Morgan fingerprint density at radius 3 is 2.67 bits per heavy atom. The van der Waals surface area contributed by atoms with Crippen LogP contribution in [0.2, 0.25) is 0 Å². The normalized spacial score (nSPS) is 9.47. The molecule has 0 nitrogen and oxygen atoms in total. The maximum absolute atomic E-state index is 3.25. The minimum absolute atomic E-state index is 1.03. The Kier molecular flexibility index (Phi) is 6.50. The van der Waals surface area contributed by atoms with Gasteiger partial charge < -0.3 is 0 Å². The van der Waals surface area contributed by atoms with Crippen LogP contribution in [-0.4, -0.2) is 0 Å². The lowest BCUT2D eigenvalue weighted by molar-refractivity contribution is 0.679. The molecule has 15 heavy (non-hydrogen) atoms. The van der Waals surface area contributed by atoms with Gasteiger partial charge in [0.25, 0.3) is 0 Å². The Hall–Kier alpha value is -0.490. The molecular weight excluding hydrogens is 295 g/mol. The number of hydrogen-bond acceptors (Lipinski definition) is 0. The van der Waals surface area contributed by atoms with E-state index in [2.05, 4.69) is 53.5 Å². The van der Waals surface area contributed by atoms with Crippen LogP contribution in [0.25, 0.3) is 0 Å². The van der Waals surface area contributed by atoms with E-state index in [9.17, 15) is 0 Å². The van der Waals surface area contributed by atoms with Crippen molar-refractivity contribution < 1.29 is 0 Å². The van der Waals surface area contributed by atoms with E-state index in [1.54, 1.807) is 0 Å². The number of benzene rings is 1. The van der Waals surface area contributed by atoms with Crippen LogP contribution < -0.4 is 0 Å².